The summed E-state index contributed by atoms with van der Waals surface area (Å²) in [5.41, 5.74) is 0. The summed E-state index contributed by atoms with van der Waals surface area (Å²) in [6, 6.07) is 0. The van der Waals surface area contributed by atoms with Crippen molar-refractivity contribution in [1.82, 2.24) is 0 Å². The molecule has 0 saturated heterocycles. The van der Waals surface area contributed by atoms with Gasteiger partial charge in [-0.15, -0.1) is 0 Å². The van der Waals surface area contributed by atoms with Crippen LogP contribution < -0.4 is 0 Å². The summed E-state index contributed by atoms with van der Waals surface area (Å²) >= 11 is 0. The Morgan fingerprint density at radius 3 is 0.731 bits per heavy atom. The lowest BCUT2D eigenvalue weighted by Gasteiger charge is -2.18. The van der Waals surface area contributed by atoms with Crippen molar-refractivity contribution in [2.24, 2.45) is 0 Å². The van der Waals surface area contributed by atoms with Crippen molar-refractivity contribution in [3.8, 4) is 0 Å². The molecule has 1 atom stereocenters. The van der Waals surface area contributed by atoms with Crippen LogP contribution in [0, 0.1) is 0 Å². The molecule has 0 fully saturated rings. The fourth-order valence-corrected chi connectivity index (χ4v) is 10.9. The zero-order valence-electron chi connectivity index (χ0n) is 53.0. The summed E-state index contributed by atoms with van der Waals surface area (Å²) < 4.78 is 16.9. The number of carbonyl (C=O) groups is 3. The van der Waals surface area contributed by atoms with Crippen LogP contribution >= 0.6 is 0 Å². The van der Waals surface area contributed by atoms with Gasteiger partial charge in [0.2, 0.25) is 0 Å². The second-order valence-electron chi connectivity index (χ2n) is 24.2. The minimum atomic E-state index is -0.769. The van der Waals surface area contributed by atoms with Gasteiger partial charge >= 0.3 is 17.9 Å². The normalized spacial score (nSPS) is 12.1. The quantitative estimate of drug-likeness (QED) is 0.0261. The molecule has 1 unspecified atom stereocenters. The molecule has 0 radical (unpaired) electrons. The van der Waals surface area contributed by atoms with Crippen LogP contribution in [-0.4, -0.2) is 37.2 Å². The van der Waals surface area contributed by atoms with E-state index in [0.717, 1.165) is 64.2 Å². The van der Waals surface area contributed by atoms with Gasteiger partial charge in [-0.05, 0) is 51.4 Å². The molecule has 6 heteroatoms. The van der Waals surface area contributed by atoms with Gasteiger partial charge < -0.3 is 14.2 Å². The van der Waals surface area contributed by atoms with Gasteiger partial charge in [0, 0.05) is 19.3 Å². The molecule has 0 heterocycles. The third-order valence-electron chi connectivity index (χ3n) is 16.2. The minimum absolute atomic E-state index is 0.0674. The Morgan fingerprint density at radius 1 is 0.256 bits per heavy atom. The van der Waals surface area contributed by atoms with Gasteiger partial charge in [-0.1, -0.05) is 353 Å². The first-order chi connectivity index (χ1) is 38.5. The highest BCUT2D eigenvalue weighted by Crippen LogP contribution is 2.19. The van der Waals surface area contributed by atoms with E-state index in [1.54, 1.807) is 0 Å². The van der Waals surface area contributed by atoms with Crippen LogP contribution in [0.5, 0.6) is 0 Å². The molecular formula is C72H136O6. The van der Waals surface area contributed by atoms with E-state index in [1.807, 2.05) is 0 Å². The Balaban J connectivity index is 3.98. The maximum absolute atomic E-state index is 12.9. The van der Waals surface area contributed by atoms with Crippen LogP contribution in [0.4, 0.5) is 0 Å². The third-order valence-corrected chi connectivity index (χ3v) is 16.2. The van der Waals surface area contributed by atoms with Crippen LogP contribution in [0.1, 0.15) is 400 Å². The molecule has 0 N–H and O–H groups in total. The SMILES string of the molecule is CCCCC/C=C\C/C=C\CCCCCCCCCCCC(=O)OC(COC(=O)CCCCCCCCCC)COC(=O)CCCCCCCCCCCCCCCCCCCCCCCCCCCCCCCCCCC. The largest absolute Gasteiger partial charge is 0.462 e. The van der Waals surface area contributed by atoms with Crippen molar-refractivity contribution >= 4 is 17.9 Å². The van der Waals surface area contributed by atoms with Crippen molar-refractivity contribution < 1.29 is 28.6 Å². The Morgan fingerprint density at radius 2 is 0.462 bits per heavy atom. The Bertz CT molecular complexity index is 1260. The predicted molar refractivity (Wildman–Crippen MR) is 340 cm³/mol. The first-order valence-electron chi connectivity index (χ1n) is 35.3. The molecular weight excluding hydrogens is 961 g/mol. The molecule has 0 saturated carbocycles. The molecule has 0 aromatic rings. The Hall–Kier alpha value is -2.11. The summed E-state index contributed by atoms with van der Waals surface area (Å²) in [6.07, 6.45) is 82.5. The lowest BCUT2D eigenvalue weighted by Crippen LogP contribution is -2.30. The predicted octanol–water partition coefficient (Wildman–Crippen LogP) is 24.2. The van der Waals surface area contributed by atoms with Crippen LogP contribution in [0.3, 0.4) is 0 Å². The van der Waals surface area contributed by atoms with Crippen LogP contribution in [0.2, 0.25) is 0 Å². The van der Waals surface area contributed by atoms with Gasteiger partial charge in [0.15, 0.2) is 6.10 Å². The van der Waals surface area contributed by atoms with E-state index in [0.29, 0.717) is 19.3 Å². The fraction of sp³-hybridized carbons (Fsp3) is 0.903. The van der Waals surface area contributed by atoms with Gasteiger partial charge in [-0.3, -0.25) is 14.4 Å². The lowest BCUT2D eigenvalue weighted by atomic mass is 10.0. The zero-order valence-corrected chi connectivity index (χ0v) is 53.0. The number of allylic oxidation sites excluding steroid dienone is 4. The third kappa shape index (κ3) is 64.7. The highest BCUT2D eigenvalue weighted by molar-refractivity contribution is 5.71. The maximum Gasteiger partial charge on any atom is 0.306 e. The minimum Gasteiger partial charge on any atom is -0.462 e. The number of carbonyl (C=O) groups excluding carboxylic acids is 3. The van der Waals surface area contributed by atoms with E-state index in [9.17, 15) is 14.4 Å². The number of hydrogen-bond acceptors (Lipinski definition) is 6. The fourth-order valence-electron chi connectivity index (χ4n) is 10.9. The highest BCUT2D eigenvalue weighted by atomic mass is 16.6. The van der Waals surface area contributed by atoms with Crippen molar-refractivity contribution in [2.45, 2.75) is 406 Å². The average molecular weight is 1100 g/mol. The van der Waals surface area contributed by atoms with E-state index >= 15 is 0 Å². The highest BCUT2D eigenvalue weighted by Gasteiger charge is 2.19. The van der Waals surface area contributed by atoms with E-state index < -0.39 is 6.10 Å². The first-order valence-corrected chi connectivity index (χ1v) is 35.3. The standard InChI is InChI=1S/C72H136O6/c1-4-7-10-13-16-19-21-23-25-27-29-30-31-32-33-34-35-36-37-38-39-40-41-42-44-45-47-49-51-53-56-59-62-65-71(74)77-68-69(67-76-70(73)64-61-58-55-18-15-12-9-6-3)78-72(75)66-63-60-57-54-52-50-48-46-43-28-26-24-22-20-17-14-11-8-5-2/h17,20,24,26,69H,4-16,18-19,21-23,25,27-68H2,1-3H3/b20-17-,26-24-. The summed E-state index contributed by atoms with van der Waals surface area (Å²) in [4.78, 5) is 38.2. The van der Waals surface area contributed by atoms with Crippen LogP contribution in [0.25, 0.3) is 0 Å². The summed E-state index contributed by atoms with van der Waals surface area (Å²) in [6.45, 7) is 6.65. The number of hydrogen-bond donors (Lipinski definition) is 0. The maximum atomic E-state index is 12.9. The summed E-state index contributed by atoms with van der Waals surface area (Å²) in [5, 5.41) is 0. The van der Waals surface area contributed by atoms with E-state index in [2.05, 4.69) is 45.1 Å². The average Bonchev–Trinajstić information content (AvgIpc) is 3.44. The van der Waals surface area contributed by atoms with Crippen molar-refractivity contribution in [3.63, 3.8) is 0 Å². The van der Waals surface area contributed by atoms with Crippen molar-refractivity contribution in [1.29, 1.82) is 0 Å². The topological polar surface area (TPSA) is 78.9 Å². The molecule has 0 aliphatic carbocycles. The molecule has 0 rings (SSSR count). The molecule has 78 heavy (non-hydrogen) atoms. The first kappa shape index (κ1) is 75.9. The Labute approximate surface area is 487 Å². The van der Waals surface area contributed by atoms with Gasteiger partial charge in [-0.2, -0.15) is 0 Å². The molecule has 0 aliphatic rings. The second kappa shape index (κ2) is 67.4. The second-order valence-corrected chi connectivity index (χ2v) is 24.2. The number of rotatable bonds is 66. The molecule has 6 nitrogen and oxygen atoms in total. The van der Waals surface area contributed by atoms with Crippen molar-refractivity contribution in [2.75, 3.05) is 13.2 Å². The van der Waals surface area contributed by atoms with Crippen LogP contribution in [0.15, 0.2) is 24.3 Å². The van der Waals surface area contributed by atoms with E-state index in [4.69, 9.17) is 14.2 Å². The van der Waals surface area contributed by atoms with Gasteiger partial charge in [0.25, 0.3) is 0 Å². The van der Waals surface area contributed by atoms with Gasteiger partial charge in [0.1, 0.15) is 13.2 Å². The smallest absolute Gasteiger partial charge is 0.306 e. The molecule has 0 spiro atoms. The molecule has 0 aliphatic heterocycles. The van der Waals surface area contributed by atoms with Crippen molar-refractivity contribution in [3.05, 3.63) is 24.3 Å². The van der Waals surface area contributed by atoms with Gasteiger partial charge in [0.05, 0.1) is 0 Å². The Kier molecular flexibility index (Phi) is 65.6. The van der Waals surface area contributed by atoms with Gasteiger partial charge in [-0.25, -0.2) is 0 Å². The molecule has 460 valence electrons. The summed E-state index contributed by atoms with van der Waals surface area (Å²) in [5.74, 6) is -0.850. The zero-order chi connectivity index (χ0) is 56.4. The number of esters is 3. The lowest BCUT2D eigenvalue weighted by molar-refractivity contribution is -0.167. The summed E-state index contributed by atoms with van der Waals surface area (Å²) in [7, 11) is 0. The molecule has 0 aromatic heterocycles. The molecule has 0 aromatic carbocycles. The number of ether oxygens (including phenoxy) is 3. The molecule has 0 bridgehead atoms. The monoisotopic (exact) mass is 1100 g/mol. The van der Waals surface area contributed by atoms with E-state index in [1.165, 1.54) is 295 Å². The van der Waals surface area contributed by atoms with E-state index in [-0.39, 0.29) is 31.1 Å². The van der Waals surface area contributed by atoms with Crippen LogP contribution in [-0.2, 0) is 28.6 Å². The molecule has 0 amide bonds. The number of unbranched alkanes of at least 4 members (excludes halogenated alkanes) is 51.